The maximum absolute atomic E-state index is 11.8. The SMILES string of the molecule is COc1ccc(-c2nc(NCN=C(Cc3ccccc3[N+](=O)[O-])C(=O)O)sc2-c2ccc(Cl)cc2)cc1OC. The van der Waals surface area contributed by atoms with Gasteiger partial charge in [0.1, 0.15) is 12.4 Å². The van der Waals surface area contributed by atoms with Gasteiger partial charge in [-0.1, -0.05) is 53.3 Å². The van der Waals surface area contributed by atoms with E-state index >= 15 is 0 Å². The molecule has 1 heterocycles. The summed E-state index contributed by atoms with van der Waals surface area (Å²) in [5.41, 5.74) is 2.23. The first kappa shape index (κ1) is 27.6. The van der Waals surface area contributed by atoms with Crippen molar-refractivity contribution in [3.05, 3.63) is 87.4 Å². The molecule has 4 aromatic rings. The quantitative estimate of drug-likeness (QED) is 0.124. The fourth-order valence-corrected chi connectivity index (χ4v) is 4.90. The second-order valence-corrected chi connectivity index (χ2v) is 9.52. The number of nitro benzene ring substituents is 1. The largest absolute Gasteiger partial charge is 0.493 e. The Hall–Kier alpha value is -4.48. The van der Waals surface area contributed by atoms with Gasteiger partial charge in [0.15, 0.2) is 16.6 Å². The Morgan fingerprint density at radius 3 is 2.44 bits per heavy atom. The van der Waals surface area contributed by atoms with E-state index in [1.807, 2.05) is 24.3 Å². The van der Waals surface area contributed by atoms with Crippen molar-refractivity contribution in [3.63, 3.8) is 0 Å². The van der Waals surface area contributed by atoms with Crippen LogP contribution < -0.4 is 14.8 Å². The second kappa shape index (κ2) is 12.4. The summed E-state index contributed by atoms with van der Waals surface area (Å²) < 4.78 is 10.8. The number of halogens is 1. The number of carboxylic acid groups (broad SMARTS) is 1. The van der Waals surface area contributed by atoms with E-state index in [1.165, 1.54) is 29.5 Å². The molecule has 1 aromatic heterocycles. The molecule has 0 saturated carbocycles. The molecule has 10 nitrogen and oxygen atoms in total. The maximum Gasteiger partial charge on any atom is 0.350 e. The minimum atomic E-state index is -1.26. The first-order valence-corrected chi connectivity index (χ1v) is 12.7. The van der Waals surface area contributed by atoms with Crippen LogP contribution in [0.25, 0.3) is 21.7 Å². The predicted molar refractivity (Wildman–Crippen MR) is 151 cm³/mol. The third-order valence-electron chi connectivity index (χ3n) is 5.68. The number of anilines is 1. The molecule has 200 valence electrons. The summed E-state index contributed by atoms with van der Waals surface area (Å²) in [4.78, 5) is 32.3. The molecule has 0 amide bonds. The molecular formula is C27H23ClN4O6S. The van der Waals surface area contributed by atoms with Gasteiger partial charge in [-0.3, -0.25) is 15.1 Å². The van der Waals surface area contributed by atoms with Crippen LogP contribution in [0.2, 0.25) is 5.02 Å². The molecule has 0 unspecified atom stereocenters. The topological polar surface area (TPSA) is 136 Å². The average molecular weight is 567 g/mol. The van der Waals surface area contributed by atoms with Gasteiger partial charge in [-0.25, -0.2) is 9.78 Å². The van der Waals surface area contributed by atoms with Gasteiger partial charge in [-0.15, -0.1) is 0 Å². The molecule has 0 aliphatic carbocycles. The van der Waals surface area contributed by atoms with Crippen LogP contribution in [-0.4, -0.2) is 47.6 Å². The molecule has 0 aliphatic heterocycles. The predicted octanol–water partition coefficient (Wildman–Crippen LogP) is 6.19. The van der Waals surface area contributed by atoms with Crippen molar-refractivity contribution in [1.29, 1.82) is 0 Å². The molecule has 0 saturated heterocycles. The smallest absolute Gasteiger partial charge is 0.350 e. The zero-order chi connectivity index (χ0) is 27.9. The monoisotopic (exact) mass is 566 g/mol. The van der Waals surface area contributed by atoms with Crippen LogP contribution in [0.3, 0.4) is 0 Å². The van der Waals surface area contributed by atoms with Crippen molar-refractivity contribution >= 4 is 45.4 Å². The standard InChI is InChI=1S/C27H23ClN4O6S/c1-37-22-12-9-18(14-23(22)38-2)24-25(16-7-10-19(28)11-8-16)39-27(31-24)30-15-29-20(26(33)34)13-17-5-3-4-6-21(17)32(35)36/h3-12,14H,13,15H2,1-2H3,(H,30,31)(H,33,34). The van der Waals surface area contributed by atoms with Crippen LogP contribution in [0, 0.1) is 10.1 Å². The molecule has 2 N–H and O–H groups in total. The van der Waals surface area contributed by atoms with Gasteiger partial charge in [0.25, 0.3) is 5.69 Å². The van der Waals surface area contributed by atoms with Gasteiger partial charge in [-0.2, -0.15) is 0 Å². The van der Waals surface area contributed by atoms with E-state index in [1.54, 1.807) is 38.5 Å². The number of carboxylic acids is 1. The molecule has 0 aliphatic rings. The first-order valence-electron chi connectivity index (χ1n) is 11.5. The maximum atomic E-state index is 11.8. The Morgan fingerprint density at radius 2 is 1.77 bits per heavy atom. The summed E-state index contributed by atoms with van der Waals surface area (Å²) in [6.45, 7) is -0.0960. The van der Waals surface area contributed by atoms with Gasteiger partial charge in [0.05, 0.1) is 29.7 Å². The zero-order valence-electron chi connectivity index (χ0n) is 20.9. The molecule has 4 rings (SSSR count). The fraction of sp³-hybridized carbons (Fsp3) is 0.148. The Labute approximate surface area is 232 Å². The summed E-state index contributed by atoms with van der Waals surface area (Å²) in [6.07, 6.45) is -0.195. The third kappa shape index (κ3) is 6.51. The summed E-state index contributed by atoms with van der Waals surface area (Å²) in [5, 5.41) is 25.1. The number of aliphatic imine (C=N–C) groups is 1. The lowest BCUT2D eigenvalue weighted by Crippen LogP contribution is -2.18. The van der Waals surface area contributed by atoms with E-state index in [4.69, 9.17) is 26.1 Å². The minimum Gasteiger partial charge on any atom is -0.493 e. The number of hydrogen-bond acceptors (Lipinski definition) is 9. The molecule has 0 radical (unpaired) electrons. The highest BCUT2D eigenvalue weighted by Gasteiger charge is 2.19. The highest BCUT2D eigenvalue weighted by molar-refractivity contribution is 7.19. The van der Waals surface area contributed by atoms with Crippen LogP contribution in [0.1, 0.15) is 5.56 Å². The normalized spacial score (nSPS) is 11.2. The minimum absolute atomic E-state index is 0.0960. The first-order chi connectivity index (χ1) is 18.8. The Balaban J connectivity index is 1.64. The Kier molecular flexibility index (Phi) is 8.74. The highest BCUT2D eigenvalue weighted by Crippen LogP contribution is 2.41. The van der Waals surface area contributed by atoms with E-state index in [9.17, 15) is 20.0 Å². The molecular weight excluding hydrogens is 544 g/mol. The third-order valence-corrected chi connectivity index (χ3v) is 7.00. The van der Waals surface area contributed by atoms with Crippen LogP contribution in [0.15, 0.2) is 71.7 Å². The van der Waals surface area contributed by atoms with E-state index in [0.717, 1.165) is 16.0 Å². The molecule has 0 atom stereocenters. The van der Waals surface area contributed by atoms with Gasteiger partial charge in [-0.05, 0) is 35.9 Å². The van der Waals surface area contributed by atoms with Crippen LogP contribution in [-0.2, 0) is 11.2 Å². The van der Waals surface area contributed by atoms with Gasteiger partial charge < -0.3 is 19.9 Å². The van der Waals surface area contributed by atoms with Crippen LogP contribution in [0.5, 0.6) is 11.5 Å². The number of rotatable bonds is 11. The molecule has 3 aromatic carbocycles. The molecule has 12 heteroatoms. The lowest BCUT2D eigenvalue weighted by Gasteiger charge is -2.09. The van der Waals surface area contributed by atoms with Crippen molar-refractivity contribution in [2.24, 2.45) is 4.99 Å². The van der Waals surface area contributed by atoms with E-state index < -0.39 is 10.9 Å². The van der Waals surface area contributed by atoms with Gasteiger partial charge in [0, 0.05) is 28.6 Å². The number of hydrogen-bond donors (Lipinski definition) is 2. The molecule has 0 spiro atoms. The number of carbonyl (C=O) groups is 1. The molecule has 0 fully saturated rings. The second-order valence-electron chi connectivity index (χ2n) is 8.08. The van der Waals surface area contributed by atoms with Crippen molar-refractivity contribution in [1.82, 2.24) is 4.98 Å². The summed E-state index contributed by atoms with van der Waals surface area (Å²) >= 11 is 7.45. The molecule has 0 bridgehead atoms. The number of ether oxygens (including phenoxy) is 2. The zero-order valence-corrected chi connectivity index (χ0v) is 22.5. The highest BCUT2D eigenvalue weighted by atomic mass is 35.5. The van der Waals surface area contributed by atoms with Crippen molar-refractivity contribution in [2.75, 3.05) is 26.2 Å². The fourth-order valence-electron chi connectivity index (χ4n) is 3.79. The lowest BCUT2D eigenvalue weighted by atomic mass is 10.1. The van der Waals surface area contributed by atoms with E-state index in [2.05, 4.69) is 10.3 Å². The number of thiazole rings is 1. The number of nitrogens with zero attached hydrogens (tertiary/aromatic N) is 3. The summed E-state index contributed by atoms with van der Waals surface area (Å²) in [5.74, 6) is -0.135. The number of aliphatic carboxylic acids is 1. The number of para-hydroxylation sites is 1. The number of methoxy groups -OCH3 is 2. The van der Waals surface area contributed by atoms with Gasteiger partial charge in [0.2, 0.25) is 0 Å². The lowest BCUT2D eigenvalue weighted by molar-refractivity contribution is -0.385. The van der Waals surface area contributed by atoms with Crippen molar-refractivity contribution < 1.29 is 24.3 Å². The number of nitro groups is 1. The van der Waals surface area contributed by atoms with Gasteiger partial charge >= 0.3 is 5.97 Å². The average Bonchev–Trinajstić information content (AvgIpc) is 3.36. The van der Waals surface area contributed by atoms with Crippen LogP contribution in [0.4, 0.5) is 10.8 Å². The van der Waals surface area contributed by atoms with Crippen molar-refractivity contribution in [2.45, 2.75) is 6.42 Å². The summed E-state index contributed by atoms with van der Waals surface area (Å²) in [6, 6.07) is 18.8. The number of benzene rings is 3. The Morgan fingerprint density at radius 1 is 1.08 bits per heavy atom. The van der Waals surface area contributed by atoms with Crippen molar-refractivity contribution in [3.8, 4) is 33.2 Å². The van der Waals surface area contributed by atoms with E-state index in [0.29, 0.717) is 27.3 Å². The molecule has 39 heavy (non-hydrogen) atoms. The summed E-state index contributed by atoms with van der Waals surface area (Å²) in [7, 11) is 3.11. The van der Waals surface area contributed by atoms with Crippen LogP contribution >= 0.6 is 22.9 Å². The number of nitrogens with one attached hydrogen (secondary N) is 1. The van der Waals surface area contributed by atoms with E-state index in [-0.39, 0.29) is 30.1 Å². The number of aromatic nitrogens is 1. The Bertz CT molecular complexity index is 1540.